The Balaban J connectivity index is 1.35. The number of aromatic nitrogens is 4. The molecule has 4 aromatic rings. The normalized spacial score (nSPS) is 11.1. The van der Waals surface area contributed by atoms with E-state index in [1.807, 2.05) is 41.8 Å². The molecular weight excluding hydrogens is 384 g/mol. The zero-order valence-corrected chi connectivity index (χ0v) is 16.1. The van der Waals surface area contributed by atoms with Gasteiger partial charge < -0.3 is 9.15 Å². The minimum atomic E-state index is -0.315. The number of esters is 1. The molecule has 0 unspecified atom stereocenters. The Kier molecular flexibility index (Phi) is 5.21. The standard InChI is InChI=1S/C18H16N4O3S2/c1-2-22-17(13-7-5-9-24-13)20-21-18(22)26-11-16(23)25-10-15-19-12-6-3-4-8-14(12)27-15/h3-9H,2,10-11H2,1H3. The number of thiazole rings is 1. The minimum absolute atomic E-state index is 0.154. The number of carbonyl (C=O) groups is 1. The Morgan fingerprint density at radius 3 is 2.93 bits per heavy atom. The Morgan fingerprint density at radius 1 is 1.26 bits per heavy atom. The van der Waals surface area contributed by atoms with Crippen LogP contribution in [0.1, 0.15) is 11.9 Å². The summed E-state index contributed by atoms with van der Waals surface area (Å²) in [4.78, 5) is 16.6. The van der Waals surface area contributed by atoms with Gasteiger partial charge in [0, 0.05) is 6.54 Å². The van der Waals surface area contributed by atoms with Gasteiger partial charge >= 0.3 is 5.97 Å². The lowest BCUT2D eigenvalue weighted by molar-refractivity contribution is -0.141. The number of carbonyl (C=O) groups excluding carboxylic acids is 1. The van der Waals surface area contributed by atoms with Crippen LogP contribution in [0.25, 0.3) is 21.8 Å². The van der Waals surface area contributed by atoms with Crippen molar-refractivity contribution in [3.63, 3.8) is 0 Å². The number of para-hydroxylation sites is 1. The number of nitrogens with zero attached hydrogens (tertiary/aromatic N) is 4. The Labute approximate surface area is 163 Å². The highest BCUT2D eigenvalue weighted by Gasteiger charge is 2.17. The van der Waals surface area contributed by atoms with Gasteiger partial charge in [0.2, 0.25) is 0 Å². The second-order valence-electron chi connectivity index (χ2n) is 5.55. The van der Waals surface area contributed by atoms with Crippen LogP contribution in [-0.4, -0.2) is 31.5 Å². The van der Waals surface area contributed by atoms with Crippen molar-refractivity contribution in [3.8, 4) is 11.6 Å². The molecule has 0 saturated heterocycles. The van der Waals surface area contributed by atoms with Crippen molar-refractivity contribution < 1.29 is 13.9 Å². The average molecular weight is 400 g/mol. The third-order valence-electron chi connectivity index (χ3n) is 3.79. The first-order valence-electron chi connectivity index (χ1n) is 8.34. The summed E-state index contributed by atoms with van der Waals surface area (Å²) in [5.41, 5.74) is 0.921. The van der Waals surface area contributed by atoms with Gasteiger partial charge in [-0.3, -0.25) is 9.36 Å². The predicted octanol–water partition coefficient (Wildman–Crippen LogP) is 4.00. The highest BCUT2D eigenvalue weighted by molar-refractivity contribution is 7.99. The molecule has 0 spiro atoms. The quantitative estimate of drug-likeness (QED) is 0.342. The lowest BCUT2D eigenvalue weighted by Gasteiger charge is -2.05. The molecule has 3 heterocycles. The van der Waals surface area contributed by atoms with Crippen LogP contribution in [0.5, 0.6) is 0 Å². The predicted molar refractivity (Wildman–Crippen MR) is 104 cm³/mol. The molecule has 0 aliphatic heterocycles. The van der Waals surface area contributed by atoms with E-state index in [2.05, 4.69) is 15.2 Å². The zero-order chi connectivity index (χ0) is 18.6. The van der Waals surface area contributed by atoms with Crippen LogP contribution < -0.4 is 0 Å². The number of thioether (sulfide) groups is 1. The van der Waals surface area contributed by atoms with Crippen molar-refractivity contribution in [2.75, 3.05) is 5.75 Å². The third-order valence-corrected chi connectivity index (χ3v) is 5.74. The molecule has 0 aliphatic rings. The molecule has 7 nitrogen and oxygen atoms in total. The van der Waals surface area contributed by atoms with Crippen molar-refractivity contribution in [1.29, 1.82) is 0 Å². The average Bonchev–Trinajstić information content (AvgIpc) is 3.42. The summed E-state index contributed by atoms with van der Waals surface area (Å²) in [6.07, 6.45) is 1.59. The van der Waals surface area contributed by atoms with Crippen LogP contribution in [0.3, 0.4) is 0 Å². The monoisotopic (exact) mass is 400 g/mol. The van der Waals surface area contributed by atoms with Gasteiger partial charge in [-0.1, -0.05) is 23.9 Å². The van der Waals surface area contributed by atoms with Gasteiger partial charge in [0.25, 0.3) is 0 Å². The third kappa shape index (κ3) is 3.88. The van der Waals surface area contributed by atoms with Crippen LogP contribution >= 0.6 is 23.1 Å². The van der Waals surface area contributed by atoms with Crippen molar-refractivity contribution in [1.82, 2.24) is 19.7 Å². The fraction of sp³-hybridized carbons (Fsp3) is 0.222. The molecule has 0 saturated carbocycles. The summed E-state index contributed by atoms with van der Waals surface area (Å²) in [5.74, 6) is 1.13. The number of furan rings is 1. The molecule has 27 heavy (non-hydrogen) atoms. The number of hydrogen-bond acceptors (Lipinski definition) is 8. The molecule has 0 atom stereocenters. The van der Waals surface area contributed by atoms with Crippen LogP contribution in [0.15, 0.2) is 52.2 Å². The molecule has 4 rings (SSSR count). The fourth-order valence-corrected chi connectivity index (χ4v) is 4.24. The SMILES string of the molecule is CCn1c(SCC(=O)OCc2nc3ccccc3s2)nnc1-c1ccco1. The van der Waals surface area contributed by atoms with E-state index >= 15 is 0 Å². The molecule has 1 aromatic carbocycles. The minimum Gasteiger partial charge on any atom is -0.461 e. The first-order chi connectivity index (χ1) is 13.2. The summed E-state index contributed by atoms with van der Waals surface area (Å²) in [5, 5.41) is 9.76. The van der Waals surface area contributed by atoms with Gasteiger partial charge in [-0.2, -0.15) is 0 Å². The van der Waals surface area contributed by atoms with Crippen LogP contribution in [-0.2, 0) is 22.7 Å². The maximum atomic E-state index is 12.1. The maximum Gasteiger partial charge on any atom is 0.316 e. The number of hydrogen-bond donors (Lipinski definition) is 0. The van der Waals surface area contributed by atoms with Crippen LogP contribution in [0.2, 0.25) is 0 Å². The van der Waals surface area contributed by atoms with Gasteiger partial charge in [0.15, 0.2) is 16.7 Å². The Bertz CT molecular complexity index is 1020. The number of benzene rings is 1. The second-order valence-corrected chi connectivity index (χ2v) is 7.61. The van der Waals surface area contributed by atoms with E-state index in [0.29, 0.717) is 23.3 Å². The van der Waals surface area contributed by atoms with Gasteiger partial charge in [-0.15, -0.1) is 21.5 Å². The smallest absolute Gasteiger partial charge is 0.316 e. The summed E-state index contributed by atoms with van der Waals surface area (Å²) in [6.45, 7) is 2.84. The van der Waals surface area contributed by atoms with Gasteiger partial charge in [-0.25, -0.2) is 4.98 Å². The van der Waals surface area contributed by atoms with E-state index in [9.17, 15) is 4.79 Å². The van der Waals surface area contributed by atoms with Crippen molar-refractivity contribution >= 4 is 39.3 Å². The van der Waals surface area contributed by atoms with Gasteiger partial charge in [0.05, 0.1) is 22.2 Å². The highest BCUT2D eigenvalue weighted by Crippen LogP contribution is 2.25. The molecule has 0 bridgehead atoms. The molecule has 0 fully saturated rings. The summed E-state index contributed by atoms with van der Waals surface area (Å²) >= 11 is 2.82. The van der Waals surface area contributed by atoms with E-state index in [1.165, 1.54) is 23.1 Å². The molecule has 0 amide bonds. The van der Waals surface area contributed by atoms with Crippen LogP contribution in [0, 0.1) is 0 Å². The zero-order valence-electron chi connectivity index (χ0n) is 14.5. The first-order valence-corrected chi connectivity index (χ1v) is 10.1. The second kappa shape index (κ2) is 7.93. The first kappa shape index (κ1) is 17.7. The molecule has 0 N–H and O–H groups in total. The van der Waals surface area contributed by atoms with Gasteiger partial charge in [-0.05, 0) is 31.2 Å². The Morgan fingerprint density at radius 2 is 2.15 bits per heavy atom. The van der Waals surface area contributed by atoms with Crippen molar-refractivity contribution in [2.45, 2.75) is 25.2 Å². The van der Waals surface area contributed by atoms with E-state index < -0.39 is 0 Å². The van der Waals surface area contributed by atoms with E-state index in [-0.39, 0.29) is 18.3 Å². The topological polar surface area (TPSA) is 83.0 Å². The molecule has 0 aliphatic carbocycles. The van der Waals surface area contributed by atoms with Crippen LogP contribution in [0.4, 0.5) is 0 Å². The van der Waals surface area contributed by atoms with Crippen molar-refractivity contribution in [2.24, 2.45) is 0 Å². The molecule has 3 aromatic heterocycles. The Hall–Kier alpha value is -2.65. The molecule has 138 valence electrons. The summed E-state index contributed by atoms with van der Waals surface area (Å²) in [7, 11) is 0. The van der Waals surface area contributed by atoms with E-state index in [4.69, 9.17) is 9.15 Å². The maximum absolute atomic E-state index is 12.1. The lowest BCUT2D eigenvalue weighted by Crippen LogP contribution is -2.08. The number of fused-ring (bicyclic) bond motifs is 1. The largest absolute Gasteiger partial charge is 0.461 e. The highest BCUT2D eigenvalue weighted by atomic mass is 32.2. The number of rotatable bonds is 7. The summed E-state index contributed by atoms with van der Waals surface area (Å²) in [6, 6.07) is 11.5. The summed E-state index contributed by atoms with van der Waals surface area (Å²) < 4.78 is 13.7. The fourth-order valence-electron chi connectivity index (χ4n) is 2.56. The van der Waals surface area contributed by atoms with E-state index in [0.717, 1.165) is 15.2 Å². The molecule has 9 heteroatoms. The molecule has 0 radical (unpaired) electrons. The van der Waals surface area contributed by atoms with E-state index in [1.54, 1.807) is 12.3 Å². The van der Waals surface area contributed by atoms with Gasteiger partial charge in [0.1, 0.15) is 11.6 Å². The van der Waals surface area contributed by atoms with Crippen molar-refractivity contribution in [3.05, 3.63) is 47.7 Å². The number of ether oxygens (including phenoxy) is 1. The molecular formula is C18H16N4O3S2. The lowest BCUT2D eigenvalue weighted by atomic mass is 10.3.